The first kappa shape index (κ1) is 35.1. The number of nitrogens with zero attached hydrogens (tertiary/aromatic N) is 2. The zero-order valence-corrected chi connectivity index (χ0v) is 29.4. The Balaban J connectivity index is 1.33. The van der Waals surface area contributed by atoms with Gasteiger partial charge < -0.3 is 9.80 Å². The van der Waals surface area contributed by atoms with E-state index in [9.17, 15) is 19.2 Å². The van der Waals surface area contributed by atoms with Crippen molar-refractivity contribution in [2.45, 2.75) is 0 Å². The Labute approximate surface area is 309 Å². The fraction of sp³-hybridized carbons (Fsp3) is 0.100. The summed E-state index contributed by atoms with van der Waals surface area (Å²) in [6, 6.07) is 27.8. The molecule has 0 saturated carbocycles. The van der Waals surface area contributed by atoms with Gasteiger partial charge in [-0.05, 0) is 95.1 Å². The topological polar surface area (TPSA) is 74.8 Å². The van der Waals surface area contributed by atoms with E-state index in [1.807, 2.05) is 0 Å². The molecule has 250 valence electrons. The molecule has 0 atom stereocenters. The van der Waals surface area contributed by atoms with Gasteiger partial charge in [-0.15, -0.1) is 0 Å². The fourth-order valence-corrected chi connectivity index (χ4v) is 6.18. The van der Waals surface area contributed by atoms with Crippen molar-refractivity contribution in [3.8, 4) is 0 Å². The average molecular weight is 742 g/mol. The summed E-state index contributed by atoms with van der Waals surface area (Å²) in [5.74, 6) is -2.08. The number of benzene rings is 4. The highest BCUT2D eigenvalue weighted by Crippen LogP contribution is 2.27. The van der Waals surface area contributed by atoms with Crippen LogP contribution in [0.25, 0.3) is 24.3 Å². The minimum Gasteiger partial charge on any atom is -0.325 e. The molecule has 10 heteroatoms. The summed E-state index contributed by atoms with van der Waals surface area (Å²) >= 11 is 24.3. The lowest BCUT2D eigenvalue weighted by Crippen LogP contribution is -2.52. The van der Waals surface area contributed by atoms with E-state index in [1.54, 1.807) is 121 Å². The maximum absolute atomic E-state index is 14.1. The van der Waals surface area contributed by atoms with Gasteiger partial charge >= 0.3 is 11.8 Å². The summed E-state index contributed by atoms with van der Waals surface area (Å²) in [6.45, 7) is -0.342. The average Bonchev–Trinajstić information content (AvgIpc) is 3.11. The Hall–Kier alpha value is -4.72. The number of rotatable bonds is 4. The minimum absolute atomic E-state index is 0.0856. The summed E-state index contributed by atoms with van der Waals surface area (Å²) in [4.78, 5) is 58.3. The maximum atomic E-state index is 14.1. The van der Waals surface area contributed by atoms with E-state index in [-0.39, 0.29) is 37.7 Å². The van der Waals surface area contributed by atoms with Crippen LogP contribution in [0.4, 0.5) is 0 Å². The molecule has 2 heterocycles. The van der Waals surface area contributed by atoms with Crippen LogP contribution in [0, 0.1) is 0 Å². The second kappa shape index (κ2) is 15.4. The molecule has 2 fully saturated rings. The molecule has 50 heavy (non-hydrogen) atoms. The monoisotopic (exact) mass is 740 g/mol. The zero-order valence-electron chi connectivity index (χ0n) is 26.4. The van der Waals surface area contributed by atoms with Crippen LogP contribution in [0.15, 0.2) is 119 Å². The van der Waals surface area contributed by atoms with E-state index in [4.69, 9.17) is 46.4 Å². The van der Waals surface area contributed by atoms with Gasteiger partial charge in [0.2, 0.25) is 0 Å². The van der Waals surface area contributed by atoms with Crippen LogP contribution >= 0.6 is 46.4 Å². The van der Waals surface area contributed by atoms with Gasteiger partial charge in [-0.1, -0.05) is 94.9 Å². The molecule has 2 amide bonds. The first-order valence-electron chi connectivity index (χ1n) is 15.5. The lowest BCUT2D eigenvalue weighted by Gasteiger charge is -2.33. The number of piperidine rings is 2. The van der Waals surface area contributed by atoms with Crippen LogP contribution in [0.3, 0.4) is 0 Å². The molecule has 4 aromatic carbocycles. The van der Waals surface area contributed by atoms with Gasteiger partial charge in [0.15, 0.2) is 11.6 Å². The van der Waals surface area contributed by atoms with Crippen LogP contribution in [0.2, 0.25) is 20.1 Å². The summed E-state index contributed by atoms with van der Waals surface area (Å²) in [6.07, 6.45) is 6.77. The van der Waals surface area contributed by atoms with E-state index in [0.717, 1.165) is 0 Å². The third-order valence-corrected chi connectivity index (χ3v) is 9.22. The number of carbonyl (C=O) groups is 4. The first-order chi connectivity index (χ1) is 24.0. The van der Waals surface area contributed by atoms with Crippen molar-refractivity contribution in [3.63, 3.8) is 0 Å². The number of halogens is 4. The number of hydrogen-bond donors (Lipinski definition) is 0. The van der Waals surface area contributed by atoms with Gasteiger partial charge in [0, 0.05) is 42.4 Å². The highest BCUT2D eigenvalue weighted by Gasteiger charge is 2.37. The third kappa shape index (κ3) is 8.52. The summed E-state index contributed by atoms with van der Waals surface area (Å²) in [5, 5.41) is 2.17. The molecule has 2 aliphatic rings. The van der Waals surface area contributed by atoms with E-state index in [1.165, 1.54) is 9.80 Å². The maximum Gasteiger partial charge on any atom is 0.312 e. The van der Waals surface area contributed by atoms with Gasteiger partial charge in [0.1, 0.15) is 0 Å². The molecule has 6 rings (SSSR count). The molecule has 0 bridgehead atoms. The Morgan fingerprint density at radius 2 is 0.600 bits per heavy atom. The first-order valence-corrected chi connectivity index (χ1v) is 17.1. The molecule has 2 aliphatic heterocycles. The lowest BCUT2D eigenvalue weighted by atomic mass is 9.93. The van der Waals surface area contributed by atoms with Gasteiger partial charge in [0.25, 0.3) is 0 Å². The molecule has 4 aromatic rings. The van der Waals surface area contributed by atoms with Gasteiger partial charge in [0.05, 0.1) is 26.2 Å². The van der Waals surface area contributed by atoms with Crippen molar-refractivity contribution in [1.82, 2.24) is 9.80 Å². The summed E-state index contributed by atoms with van der Waals surface area (Å²) in [7, 11) is 0. The van der Waals surface area contributed by atoms with Crippen molar-refractivity contribution in [2.24, 2.45) is 0 Å². The Morgan fingerprint density at radius 1 is 0.400 bits per heavy atom. The second-order valence-electron chi connectivity index (χ2n) is 11.9. The van der Waals surface area contributed by atoms with Gasteiger partial charge in [-0.2, -0.15) is 0 Å². The summed E-state index contributed by atoms with van der Waals surface area (Å²) < 4.78 is 0. The smallest absolute Gasteiger partial charge is 0.312 e. The standard InChI is InChI=1S/C40H28Cl4N2O4/c41-33-9-1-25(2-10-33)17-29-21-45(22-30(37(29)47)18-26-3-11-34(42)12-4-26)39(49)40(50)46-23-31(19-27-5-13-35(43)14-6-27)38(48)32(24-46)20-28-7-15-36(44)16-8-28/h1-20H,21-24H2/b29-17+,30-18+,31-19+,32-20+. The van der Waals surface area contributed by atoms with Crippen molar-refractivity contribution < 1.29 is 19.2 Å². The van der Waals surface area contributed by atoms with Gasteiger partial charge in [-0.3, -0.25) is 19.2 Å². The molecule has 0 spiro atoms. The van der Waals surface area contributed by atoms with Crippen LogP contribution in [-0.4, -0.2) is 59.4 Å². The van der Waals surface area contributed by atoms with Gasteiger partial charge in [-0.25, -0.2) is 0 Å². The number of ketones is 2. The van der Waals surface area contributed by atoms with Crippen molar-refractivity contribution in [3.05, 3.63) is 162 Å². The normalized spacial score (nSPS) is 18.4. The Kier molecular flexibility index (Phi) is 10.8. The molecule has 0 aromatic heterocycles. The highest BCUT2D eigenvalue weighted by molar-refractivity contribution is 6.36. The number of Topliss-reactive ketones (excluding diaryl/α,β-unsaturated/α-hetero) is 2. The van der Waals surface area contributed by atoms with E-state index in [0.29, 0.717) is 64.6 Å². The van der Waals surface area contributed by atoms with E-state index >= 15 is 0 Å². The number of amides is 2. The van der Waals surface area contributed by atoms with E-state index < -0.39 is 11.8 Å². The predicted octanol–water partition coefficient (Wildman–Crippen LogP) is 8.76. The van der Waals surface area contributed by atoms with Crippen LogP contribution in [-0.2, 0) is 19.2 Å². The molecule has 2 saturated heterocycles. The fourth-order valence-electron chi connectivity index (χ4n) is 5.68. The number of likely N-dealkylation sites (tertiary alicyclic amines) is 2. The van der Waals surface area contributed by atoms with E-state index in [2.05, 4.69) is 0 Å². The van der Waals surface area contributed by atoms with Crippen LogP contribution in [0.5, 0.6) is 0 Å². The van der Waals surface area contributed by atoms with Crippen molar-refractivity contribution in [2.75, 3.05) is 26.2 Å². The second-order valence-corrected chi connectivity index (χ2v) is 13.6. The molecule has 0 N–H and O–H groups in total. The van der Waals surface area contributed by atoms with Crippen LogP contribution < -0.4 is 0 Å². The SMILES string of the molecule is O=C1/C(=C/c2ccc(Cl)cc2)CN(C(=O)C(=O)N2C/C(=C\c3ccc(Cl)cc3)C(=O)/C(=C/c3ccc(Cl)cc3)C2)C/C1=C\c1ccc(Cl)cc1. The predicted molar refractivity (Wildman–Crippen MR) is 201 cm³/mol. The highest BCUT2D eigenvalue weighted by atomic mass is 35.5. The Bertz CT molecular complexity index is 1810. The van der Waals surface area contributed by atoms with Crippen LogP contribution in [0.1, 0.15) is 22.3 Å². The molecular formula is C40H28Cl4N2O4. The molecular weight excluding hydrogens is 714 g/mol. The zero-order chi connectivity index (χ0) is 35.4. The lowest BCUT2D eigenvalue weighted by molar-refractivity contribution is -0.151. The largest absolute Gasteiger partial charge is 0.325 e. The molecule has 0 radical (unpaired) electrons. The molecule has 0 unspecified atom stereocenters. The quantitative estimate of drug-likeness (QED) is 0.155. The van der Waals surface area contributed by atoms with Crippen molar-refractivity contribution >= 4 is 94.1 Å². The number of hydrogen-bond acceptors (Lipinski definition) is 4. The number of carbonyl (C=O) groups excluding carboxylic acids is 4. The minimum atomic E-state index is -0.799. The molecule has 0 aliphatic carbocycles. The summed E-state index contributed by atoms with van der Waals surface area (Å²) in [5.41, 5.74) is 4.20. The van der Waals surface area contributed by atoms with Crippen molar-refractivity contribution in [1.29, 1.82) is 0 Å². The third-order valence-electron chi connectivity index (χ3n) is 8.21. The Morgan fingerprint density at radius 3 is 0.800 bits per heavy atom. The molecule has 6 nitrogen and oxygen atoms in total.